The number of halogens is 1. The molecule has 1 aromatic heterocycles. The molecule has 9 heteroatoms. The summed E-state index contributed by atoms with van der Waals surface area (Å²) in [6.45, 7) is 3.75. The van der Waals surface area contributed by atoms with Crippen LogP contribution in [0.3, 0.4) is 0 Å². The van der Waals surface area contributed by atoms with Crippen LogP contribution in [0.5, 0.6) is 11.5 Å². The molecule has 7 nitrogen and oxygen atoms in total. The summed E-state index contributed by atoms with van der Waals surface area (Å²) in [6, 6.07) is 12.4. The largest absolute Gasteiger partial charge is 0.497 e. The lowest BCUT2D eigenvalue weighted by atomic mass is 9.96. The summed E-state index contributed by atoms with van der Waals surface area (Å²) in [6.07, 6.45) is 1.83. The number of thiazole rings is 1. The van der Waals surface area contributed by atoms with Crippen LogP contribution < -0.4 is 24.4 Å². The van der Waals surface area contributed by atoms with E-state index >= 15 is 0 Å². The monoisotopic (exact) mass is 590 g/mol. The van der Waals surface area contributed by atoms with Crippen molar-refractivity contribution in [3.8, 4) is 11.5 Å². The summed E-state index contributed by atoms with van der Waals surface area (Å²) in [5, 5.41) is 0. The number of esters is 1. The zero-order chi connectivity index (χ0) is 24.4. The fraction of sp³-hybridized carbons (Fsp3) is 0.240. The van der Waals surface area contributed by atoms with Crippen LogP contribution >= 0.6 is 33.9 Å². The van der Waals surface area contributed by atoms with E-state index in [1.165, 1.54) is 11.3 Å². The van der Waals surface area contributed by atoms with Gasteiger partial charge in [-0.25, -0.2) is 9.79 Å². The molecule has 0 bridgehead atoms. The van der Waals surface area contributed by atoms with Crippen LogP contribution in [0.1, 0.15) is 31.0 Å². The standard InChI is InChI=1S/C25H23IN2O5S/c1-5-33-24(30)21-14(2)27-25-28(22(21)16-7-9-17(31-3)10-8-16)23(29)20(34-25)13-15-6-11-19(32-4)18(26)12-15/h6-13,22H,5H2,1-4H3/b20-13-. The van der Waals surface area contributed by atoms with Crippen LogP contribution in [0.25, 0.3) is 6.08 Å². The van der Waals surface area contributed by atoms with Gasteiger partial charge in [0, 0.05) is 0 Å². The van der Waals surface area contributed by atoms with Crippen LogP contribution in [0, 0.1) is 3.57 Å². The molecule has 0 fully saturated rings. The first-order valence-corrected chi connectivity index (χ1v) is 12.4. The average Bonchev–Trinajstić information content (AvgIpc) is 3.12. The normalized spacial score (nSPS) is 15.6. The second-order valence-electron chi connectivity index (χ2n) is 7.47. The number of rotatable bonds is 6. The minimum Gasteiger partial charge on any atom is -0.497 e. The van der Waals surface area contributed by atoms with Gasteiger partial charge in [-0.3, -0.25) is 9.36 Å². The molecular weight excluding hydrogens is 567 g/mol. The van der Waals surface area contributed by atoms with Gasteiger partial charge >= 0.3 is 5.97 Å². The maximum Gasteiger partial charge on any atom is 0.338 e. The summed E-state index contributed by atoms with van der Waals surface area (Å²) in [5.74, 6) is 0.973. The molecule has 34 heavy (non-hydrogen) atoms. The molecule has 0 saturated heterocycles. The van der Waals surface area contributed by atoms with Crippen LogP contribution in [0.2, 0.25) is 0 Å². The Morgan fingerprint density at radius 1 is 1.18 bits per heavy atom. The van der Waals surface area contributed by atoms with E-state index in [4.69, 9.17) is 14.2 Å². The number of fused-ring (bicyclic) bond motifs is 1. The van der Waals surface area contributed by atoms with E-state index in [2.05, 4.69) is 27.6 Å². The van der Waals surface area contributed by atoms with Crippen molar-refractivity contribution in [1.29, 1.82) is 0 Å². The number of ether oxygens (including phenoxy) is 3. The summed E-state index contributed by atoms with van der Waals surface area (Å²) in [5.41, 5.74) is 2.31. The van der Waals surface area contributed by atoms with Gasteiger partial charge in [-0.2, -0.15) is 0 Å². The van der Waals surface area contributed by atoms with Gasteiger partial charge < -0.3 is 14.2 Å². The van der Waals surface area contributed by atoms with Crippen molar-refractivity contribution in [3.05, 3.63) is 88.1 Å². The first-order valence-electron chi connectivity index (χ1n) is 10.5. The van der Waals surface area contributed by atoms with Gasteiger partial charge in [-0.1, -0.05) is 29.5 Å². The second-order valence-corrected chi connectivity index (χ2v) is 9.64. The number of carbonyl (C=O) groups is 1. The molecule has 0 N–H and O–H groups in total. The third-order valence-corrected chi connectivity index (χ3v) is 7.25. The number of benzene rings is 2. The Bertz CT molecular complexity index is 1450. The number of nitrogens with zero attached hydrogens (tertiary/aromatic N) is 2. The van der Waals surface area contributed by atoms with Gasteiger partial charge in [0.1, 0.15) is 11.5 Å². The number of aromatic nitrogens is 1. The Kier molecular flexibility index (Phi) is 7.22. The molecular formula is C25H23IN2O5S. The Morgan fingerprint density at radius 2 is 1.91 bits per heavy atom. The van der Waals surface area contributed by atoms with E-state index in [9.17, 15) is 9.59 Å². The topological polar surface area (TPSA) is 79.1 Å². The molecule has 176 valence electrons. The highest BCUT2D eigenvalue weighted by Gasteiger charge is 2.33. The van der Waals surface area contributed by atoms with Crippen LogP contribution in [-0.2, 0) is 9.53 Å². The van der Waals surface area contributed by atoms with E-state index in [-0.39, 0.29) is 12.2 Å². The highest BCUT2D eigenvalue weighted by Crippen LogP contribution is 2.31. The fourth-order valence-electron chi connectivity index (χ4n) is 3.82. The SMILES string of the molecule is CCOC(=O)C1=C(C)N=c2s/c(=C\c3ccc(OC)c(I)c3)c(=O)n2C1c1ccc(OC)cc1. The van der Waals surface area contributed by atoms with Gasteiger partial charge in [0.2, 0.25) is 0 Å². The molecule has 1 unspecified atom stereocenters. The first-order chi connectivity index (χ1) is 16.4. The van der Waals surface area contributed by atoms with Crippen LogP contribution in [0.15, 0.2) is 63.5 Å². The van der Waals surface area contributed by atoms with Crippen LogP contribution in [-0.4, -0.2) is 31.4 Å². The highest BCUT2D eigenvalue weighted by molar-refractivity contribution is 14.1. The average molecular weight is 590 g/mol. The number of hydrogen-bond donors (Lipinski definition) is 0. The van der Waals surface area contributed by atoms with Crippen molar-refractivity contribution in [2.75, 3.05) is 20.8 Å². The smallest absolute Gasteiger partial charge is 0.338 e. The summed E-state index contributed by atoms with van der Waals surface area (Å²) in [4.78, 5) is 31.7. The van der Waals surface area contributed by atoms with Crippen molar-refractivity contribution in [3.63, 3.8) is 0 Å². The molecule has 1 aliphatic heterocycles. The van der Waals surface area contributed by atoms with E-state index in [0.29, 0.717) is 26.4 Å². The fourth-order valence-corrected chi connectivity index (χ4v) is 5.62. The quantitative estimate of drug-likeness (QED) is 0.325. The zero-order valence-electron chi connectivity index (χ0n) is 19.1. The summed E-state index contributed by atoms with van der Waals surface area (Å²) in [7, 11) is 3.21. The third-order valence-electron chi connectivity index (χ3n) is 5.42. The van der Waals surface area contributed by atoms with Crippen molar-refractivity contribution < 1.29 is 19.0 Å². The van der Waals surface area contributed by atoms with Crippen molar-refractivity contribution in [1.82, 2.24) is 4.57 Å². The molecule has 4 rings (SSSR count). The van der Waals surface area contributed by atoms with Gasteiger partial charge in [-0.05, 0) is 77.9 Å². The maximum atomic E-state index is 13.6. The summed E-state index contributed by atoms with van der Waals surface area (Å²) < 4.78 is 19.0. The van der Waals surface area contributed by atoms with Crippen molar-refractivity contribution in [2.24, 2.45) is 4.99 Å². The molecule has 0 aliphatic carbocycles. The lowest BCUT2D eigenvalue weighted by molar-refractivity contribution is -0.139. The van der Waals surface area contributed by atoms with Gasteiger partial charge in [0.05, 0.1) is 46.2 Å². The minimum atomic E-state index is -0.653. The van der Waals surface area contributed by atoms with E-state index in [1.54, 1.807) is 32.6 Å². The molecule has 0 amide bonds. The molecule has 2 aromatic carbocycles. The number of methoxy groups -OCH3 is 2. The predicted molar refractivity (Wildman–Crippen MR) is 139 cm³/mol. The maximum absolute atomic E-state index is 13.6. The lowest BCUT2D eigenvalue weighted by Gasteiger charge is -2.24. The Labute approximate surface area is 214 Å². The van der Waals surface area contributed by atoms with E-state index in [0.717, 1.165) is 20.4 Å². The Morgan fingerprint density at radius 3 is 2.53 bits per heavy atom. The molecule has 0 saturated carbocycles. The number of allylic oxidation sites excluding steroid dienone is 1. The van der Waals surface area contributed by atoms with Gasteiger partial charge in [0.25, 0.3) is 5.56 Å². The molecule has 3 aromatic rings. The van der Waals surface area contributed by atoms with E-state index in [1.807, 2.05) is 48.5 Å². The second kappa shape index (κ2) is 10.1. The summed E-state index contributed by atoms with van der Waals surface area (Å²) >= 11 is 3.49. The van der Waals surface area contributed by atoms with Gasteiger partial charge in [0.15, 0.2) is 4.80 Å². The third kappa shape index (κ3) is 4.54. The molecule has 1 atom stereocenters. The number of carbonyl (C=O) groups excluding carboxylic acids is 1. The van der Waals surface area contributed by atoms with Gasteiger partial charge in [-0.15, -0.1) is 0 Å². The number of hydrogen-bond acceptors (Lipinski definition) is 7. The zero-order valence-corrected chi connectivity index (χ0v) is 22.1. The van der Waals surface area contributed by atoms with Crippen molar-refractivity contribution in [2.45, 2.75) is 19.9 Å². The first kappa shape index (κ1) is 24.2. The highest BCUT2D eigenvalue weighted by atomic mass is 127. The predicted octanol–water partition coefficient (Wildman–Crippen LogP) is 3.42. The van der Waals surface area contributed by atoms with E-state index < -0.39 is 12.0 Å². The minimum absolute atomic E-state index is 0.218. The Balaban J connectivity index is 1.92. The molecule has 2 heterocycles. The molecule has 1 aliphatic rings. The lowest BCUT2D eigenvalue weighted by Crippen LogP contribution is -2.39. The Hall–Kier alpha value is -2.92. The van der Waals surface area contributed by atoms with Crippen LogP contribution in [0.4, 0.5) is 0 Å². The molecule has 0 radical (unpaired) electrons. The molecule has 0 spiro atoms. The van der Waals surface area contributed by atoms with Crippen molar-refractivity contribution >= 4 is 46.0 Å².